The minimum atomic E-state index is -0.488. The number of carbonyl (C=O) groups is 1. The topological polar surface area (TPSA) is 57.8 Å². The van der Waals surface area contributed by atoms with Gasteiger partial charge in [-0.05, 0) is 51.0 Å². The Hall–Kier alpha value is -2.10. The number of carbonyl (C=O) groups excluding carboxylic acids is 1. The Morgan fingerprint density at radius 2 is 2.11 bits per heavy atom. The van der Waals surface area contributed by atoms with Crippen LogP contribution in [0.1, 0.15) is 39.1 Å². The lowest BCUT2D eigenvalue weighted by Crippen LogP contribution is -2.26. The van der Waals surface area contributed by atoms with Crippen molar-refractivity contribution in [3.63, 3.8) is 0 Å². The highest BCUT2D eigenvalue weighted by Crippen LogP contribution is 2.39. The summed E-state index contributed by atoms with van der Waals surface area (Å²) >= 11 is 0. The van der Waals surface area contributed by atoms with Gasteiger partial charge in [0.2, 0.25) is 5.91 Å². The molecule has 0 aliphatic carbocycles. The number of H-pyrrole nitrogens is 1. The largest absolute Gasteiger partial charge is 0.338 e. The molecule has 0 bridgehead atoms. The zero-order valence-corrected chi connectivity index (χ0v) is 11.6. The number of fused-ring (bicyclic) bond motifs is 2. The molecule has 0 atom stereocenters. The molecule has 2 N–H and O–H groups in total. The van der Waals surface area contributed by atoms with Gasteiger partial charge < -0.3 is 10.3 Å². The summed E-state index contributed by atoms with van der Waals surface area (Å²) in [7, 11) is 0. The fourth-order valence-electron chi connectivity index (χ4n) is 2.40. The van der Waals surface area contributed by atoms with Gasteiger partial charge in [-0.1, -0.05) is 6.08 Å². The van der Waals surface area contributed by atoms with Crippen LogP contribution >= 0.6 is 0 Å². The van der Waals surface area contributed by atoms with Gasteiger partial charge in [-0.2, -0.15) is 0 Å². The Morgan fingerprint density at radius 3 is 2.79 bits per heavy atom. The molecule has 0 saturated carbocycles. The zero-order chi connectivity index (χ0) is 13.8. The highest BCUT2D eigenvalue weighted by atomic mass is 16.2. The van der Waals surface area contributed by atoms with E-state index in [0.29, 0.717) is 0 Å². The van der Waals surface area contributed by atoms with Gasteiger partial charge in [0.05, 0.1) is 16.4 Å². The summed E-state index contributed by atoms with van der Waals surface area (Å²) in [5.41, 5.74) is 4.38. The van der Waals surface area contributed by atoms with Gasteiger partial charge in [-0.25, -0.2) is 4.98 Å². The molecule has 1 aromatic heterocycles. The van der Waals surface area contributed by atoms with Gasteiger partial charge >= 0.3 is 0 Å². The monoisotopic (exact) mass is 255 g/mol. The third-order valence-electron chi connectivity index (χ3n) is 3.92. The van der Waals surface area contributed by atoms with Crippen molar-refractivity contribution in [2.45, 2.75) is 33.1 Å². The fraction of sp³-hybridized carbons (Fsp3) is 0.333. The summed E-state index contributed by atoms with van der Waals surface area (Å²) in [4.78, 5) is 19.8. The zero-order valence-electron chi connectivity index (χ0n) is 11.6. The minimum absolute atomic E-state index is 0.0417. The van der Waals surface area contributed by atoms with Crippen molar-refractivity contribution >= 4 is 28.2 Å². The van der Waals surface area contributed by atoms with Crippen LogP contribution in [0, 0.1) is 0 Å². The van der Waals surface area contributed by atoms with Crippen molar-refractivity contribution in [1.29, 1.82) is 0 Å². The van der Waals surface area contributed by atoms with E-state index < -0.39 is 5.41 Å². The van der Waals surface area contributed by atoms with E-state index in [0.717, 1.165) is 33.7 Å². The third-order valence-corrected chi connectivity index (χ3v) is 3.92. The van der Waals surface area contributed by atoms with Crippen LogP contribution in [0.25, 0.3) is 16.6 Å². The van der Waals surface area contributed by atoms with E-state index >= 15 is 0 Å². The number of benzene rings is 1. The molecule has 1 aromatic carbocycles. The summed E-state index contributed by atoms with van der Waals surface area (Å²) in [6.45, 7) is 7.89. The molecule has 4 nitrogen and oxygen atoms in total. The number of hydrogen-bond acceptors (Lipinski definition) is 2. The summed E-state index contributed by atoms with van der Waals surface area (Å²) < 4.78 is 0. The van der Waals surface area contributed by atoms with Crippen LogP contribution < -0.4 is 5.32 Å². The van der Waals surface area contributed by atoms with Crippen LogP contribution in [-0.4, -0.2) is 15.9 Å². The maximum absolute atomic E-state index is 11.9. The van der Waals surface area contributed by atoms with Crippen LogP contribution in [0.5, 0.6) is 0 Å². The second kappa shape index (κ2) is 3.70. The van der Waals surface area contributed by atoms with Crippen LogP contribution in [0.3, 0.4) is 0 Å². The van der Waals surface area contributed by atoms with E-state index in [2.05, 4.69) is 15.3 Å². The molecule has 1 amide bonds. The van der Waals surface area contributed by atoms with E-state index in [1.54, 1.807) is 0 Å². The lowest BCUT2D eigenvalue weighted by Gasteiger charge is -2.14. The standard InChI is InChI=1S/C15H17N3O/c1-5-8(2)13-16-11-6-9-10(7-12(11)17-13)18-14(19)15(9,3)4/h5-7H,1-4H3,(H,16,17)(H,18,19). The van der Waals surface area contributed by atoms with E-state index in [-0.39, 0.29) is 5.91 Å². The number of rotatable bonds is 1. The molecule has 19 heavy (non-hydrogen) atoms. The van der Waals surface area contributed by atoms with E-state index in [1.807, 2.05) is 45.9 Å². The van der Waals surface area contributed by atoms with Crippen LogP contribution in [0.2, 0.25) is 0 Å². The molecule has 4 heteroatoms. The van der Waals surface area contributed by atoms with Gasteiger partial charge in [-0.15, -0.1) is 0 Å². The molecule has 0 saturated heterocycles. The molecule has 2 aromatic rings. The molecule has 0 fully saturated rings. The van der Waals surface area contributed by atoms with E-state index in [9.17, 15) is 4.79 Å². The lowest BCUT2D eigenvalue weighted by atomic mass is 9.86. The molecule has 1 aliphatic heterocycles. The number of aromatic amines is 1. The molecular formula is C15H17N3O. The first-order valence-corrected chi connectivity index (χ1v) is 6.42. The molecule has 98 valence electrons. The third kappa shape index (κ3) is 1.59. The first kappa shape index (κ1) is 12.0. The summed E-state index contributed by atoms with van der Waals surface area (Å²) in [6, 6.07) is 3.97. The Balaban J connectivity index is 2.22. The molecule has 1 aliphatic rings. The summed E-state index contributed by atoms with van der Waals surface area (Å²) in [5.74, 6) is 0.922. The Kier molecular flexibility index (Phi) is 2.33. The highest BCUT2D eigenvalue weighted by Gasteiger charge is 2.38. The average molecular weight is 255 g/mol. The molecule has 3 rings (SSSR count). The smallest absolute Gasteiger partial charge is 0.234 e. The number of amides is 1. The average Bonchev–Trinajstić information content (AvgIpc) is 2.87. The van der Waals surface area contributed by atoms with Gasteiger partial charge in [0.25, 0.3) is 0 Å². The molecule has 2 heterocycles. The number of imidazole rings is 1. The first-order chi connectivity index (χ1) is 8.93. The molecule has 0 spiro atoms. The Morgan fingerprint density at radius 1 is 1.37 bits per heavy atom. The van der Waals surface area contributed by atoms with E-state index in [4.69, 9.17) is 0 Å². The minimum Gasteiger partial charge on any atom is -0.338 e. The molecule has 0 unspecified atom stereocenters. The Labute approximate surface area is 111 Å². The predicted octanol–water partition coefficient (Wildman–Crippen LogP) is 3.22. The summed E-state index contributed by atoms with van der Waals surface area (Å²) in [6.07, 6.45) is 2.02. The number of anilines is 1. The van der Waals surface area contributed by atoms with Crippen molar-refractivity contribution in [3.05, 3.63) is 29.6 Å². The van der Waals surface area contributed by atoms with Crippen molar-refractivity contribution in [2.24, 2.45) is 0 Å². The summed E-state index contributed by atoms with van der Waals surface area (Å²) in [5, 5.41) is 2.93. The highest BCUT2D eigenvalue weighted by molar-refractivity contribution is 6.07. The molecular weight excluding hydrogens is 238 g/mol. The van der Waals surface area contributed by atoms with Crippen molar-refractivity contribution < 1.29 is 4.79 Å². The van der Waals surface area contributed by atoms with Crippen molar-refractivity contribution in [1.82, 2.24) is 9.97 Å². The second-order valence-corrected chi connectivity index (χ2v) is 5.55. The number of nitrogens with zero attached hydrogens (tertiary/aromatic N) is 1. The quantitative estimate of drug-likeness (QED) is 0.822. The van der Waals surface area contributed by atoms with E-state index in [1.165, 1.54) is 0 Å². The van der Waals surface area contributed by atoms with Crippen LogP contribution in [0.4, 0.5) is 5.69 Å². The molecule has 0 radical (unpaired) electrons. The predicted molar refractivity (Wildman–Crippen MR) is 77.1 cm³/mol. The Bertz CT molecular complexity index is 722. The van der Waals surface area contributed by atoms with Crippen molar-refractivity contribution in [3.8, 4) is 0 Å². The van der Waals surface area contributed by atoms with Gasteiger partial charge in [0, 0.05) is 5.69 Å². The normalized spacial score (nSPS) is 17.7. The SMILES string of the molecule is CC=C(C)c1nc2cc3c(cc2[nH]1)NC(=O)C3(C)C. The van der Waals surface area contributed by atoms with Crippen molar-refractivity contribution in [2.75, 3.05) is 5.32 Å². The lowest BCUT2D eigenvalue weighted by molar-refractivity contribution is -0.119. The number of allylic oxidation sites excluding steroid dienone is 2. The number of aromatic nitrogens is 2. The van der Waals surface area contributed by atoms with Crippen LogP contribution in [-0.2, 0) is 10.2 Å². The first-order valence-electron chi connectivity index (χ1n) is 6.42. The van der Waals surface area contributed by atoms with Gasteiger partial charge in [0.15, 0.2) is 0 Å². The second-order valence-electron chi connectivity index (χ2n) is 5.55. The number of hydrogen-bond donors (Lipinski definition) is 2. The van der Waals surface area contributed by atoms with Gasteiger partial charge in [0.1, 0.15) is 5.82 Å². The maximum atomic E-state index is 11.9. The van der Waals surface area contributed by atoms with Crippen LogP contribution in [0.15, 0.2) is 18.2 Å². The number of nitrogens with one attached hydrogen (secondary N) is 2. The maximum Gasteiger partial charge on any atom is 0.234 e. The fourth-order valence-corrected chi connectivity index (χ4v) is 2.40. The van der Waals surface area contributed by atoms with Gasteiger partial charge in [-0.3, -0.25) is 4.79 Å².